The van der Waals surface area contributed by atoms with Gasteiger partial charge in [0, 0.05) is 38.6 Å². The normalized spacial score (nSPS) is 21.1. The lowest BCUT2D eigenvalue weighted by atomic mass is 9.81. The highest BCUT2D eigenvalue weighted by Crippen LogP contribution is 2.31. The Balaban J connectivity index is 1.15. The number of hydrogen-bond acceptors (Lipinski definition) is 5. The molecular weight excluding hydrogens is 452 g/mol. The summed E-state index contributed by atoms with van der Waals surface area (Å²) in [5, 5.41) is 2.42. The molecule has 8 nitrogen and oxygen atoms in total. The summed E-state index contributed by atoms with van der Waals surface area (Å²) in [5.74, 6) is 0.385. The third-order valence-electron chi connectivity index (χ3n) is 7.14. The molecule has 0 atom stereocenters. The van der Waals surface area contributed by atoms with Crippen molar-refractivity contribution in [3.8, 4) is 0 Å². The molecule has 1 aliphatic carbocycles. The second-order valence-electron chi connectivity index (χ2n) is 9.20. The molecule has 1 N–H and O–H groups in total. The van der Waals surface area contributed by atoms with E-state index in [1.165, 1.54) is 15.9 Å². The Labute approximate surface area is 200 Å². The molecule has 3 heterocycles. The monoisotopic (exact) mass is 480 g/mol. The Bertz CT molecular complexity index is 1300. The second kappa shape index (κ2) is 9.58. The molecule has 2 aliphatic rings. The van der Waals surface area contributed by atoms with Crippen LogP contribution in [0.4, 0.5) is 0 Å². The number of thiophene rings is 1. The highest BCUT2D eigenvalue weighted by Gasteiger charge is 2.32. The number of nitrogens with zero attached hydrogens (tertiary/aromatic N) is 3. The van der Waals surface area contributed by atoms with Crippen molar-refractivity contribution in [2.24, 2.45) is 11.8 Å². The molecular formula is C25H28N4O4S. The van der Waals surface area contributed by atoms with Gasteiger partial charge >= 0.3 is 5.69 Å². The van der Waals surface area contributed by atoms with Gasteiger partial charge in [-0.25, -0.2) is 4.79 Å². The molecule has 0 unspecified atom stereocenters. The first-order valence-corrected chi connectivity index (χ1v) is 12.7. The van der Waals surface area contributed by atoms with Gasteiger partial charge in [0.25, 0.3) is 11.5 Å². The number of para-hydroxylation sites is 1. The minimum absolute atomic E-state index is 0.0255. The summed E-state index contributed by atoms with van der Waals surface area (Å²) in [6.45, 7) is 2.63. The molecule has 0 bridgehead atoms. The maximum Gasteiger partial charge on any atom is 0.328 e. The number of benzene rings is 1. The number of amides is 2. The van der Waals surface area contributed by atoms with E-state index >= 15 is 0 Å². The molecule has 0 radical (unpaired) electrons. The van der Waals surface area contributed by atoms with E-state index < -0.39 is 0 Å². The summed E-state index contributed by atoms with van der Waals surface area (Å²) in [4.78, 5) is 58.2. The average Bonchev–Trinajstić information content (AvgIpc) is 3.41. The van der Waals surface area contributed by atoms with Gasteiger partial charge in [0.1, 0.15) is 0 Å². The van der Waals surface area contributed by atoms with Gasteiger partial charge in [-0.3, -0.25) is 19.0 Å². The molecule has 178 valence electrons. The molecule has 9 heteroatoms. The van der Waals surface area contributed by atoms with Crippen LogP contribution in [0.3, 0.4) is 0 Å². The van der Waals surface area contributed by atoms with E-state index in [9.17, 15) is 19.2 Å². The first kappa shape index (κ1) is 22.6. The van der Waals surface area contributed by atoms with Crippen molar-refractivity contribution < 1.29 is 9.59 Å². The molecule has 2 amide bonds. The van der Waals surface area contributed by atoms with Crippen molar-refractivity contribution in [1.29, 1.82) is 0 Å². The summed E-state index contributed by atoms with van der Waals surface area (Å²) >= 11 is 1.44. The largest absolute Gasteiger partial charge is 0.339 e. The number of carbonyl (C=O) groups is 2. The van der Waals surface area contributed by atoms with Crippen LogP contribution in [-0.2, 0) is 11.3 Å². The first-order chi connectivity index (χ1) is 16.5. The van der Waals surface area contributed by atoms with Gasteiger partial charge in [-0.05, 0) is 55.2 Å². The number of hydrogen-bond donors (Lipinski definition) is 1. The summed E-state index contributed by atoms with van der Waals surface area (Å²) in [5.41, 5.74) is -0.0791. The number of carbonyl (C=O) groups excluding carboxylic acids is 2. The highest BCUT2D eigenvalue weighted by molar-refractivity contribution is 7.12. The lowest BCUT2D eigenvalue weighted by Gasteiger charge is -2.37. The zero-order valence-corrected chi connectivity index (χ0v) is 19.8. The van der Waals surface area contributed by atoms with Crippen LogP contribution in [0, 0.1) is 11.8 Å². The number of H-pyrrole nitrogens is 1. The molecule has 1 aromatic carbocycles. The van der Waals surface area contributed by atoms with Crippen molar-refractivity contribution in [3.05, 3.63) is 67.5 Å². The smallest absolute Gasteiger partial charge is 0.328 e. The maximum atomic E-state index is 13.1. The van der Waals surface area contributed by atoms with Gasteiger partial charge < -0.3 is 14.8 Å². The lowest BCUT2D eigenvalue weighted by molar-refractivity contribution is -0.138. The number of aromatic nitrogens is 2. The molecule has 1 saturated heterocycles. The molecule has 1 saturated carbocycles. The summed E-state index contributed by atoms with van der Waals surface area (Å²) in [6, 6.07) is 10.8. The summed E-state index contributed by atoms with van der Waals surface area (Å²) in [7, 11) is 0. The third-order valence-corrected chi connectivity index (χ3v) is 7.99. The minimum atomic E-state index is -0.378. The Morgan fingerprint density at radius 3 is 2.32 bits per heavy atom. The zero-order chi connectivity index (χ0) is 23.7. The van der Waals surface area contributed by atoms with Gasteiger partial charge in [0.15, 0.2) is 0 Å². The maximum absolute atomic E-state index is 13.1. The van der Waals surface area contributed by atoms with Crippen LogP contribution in [0.1, 0.15) is 35.4 Å². The number of nitrogens with one attached hydrogen (secondary N) is 1. The van der Waals surface area contributed by atoms with Crippen LogP contribution in [-0.4, -0.2) is 57.3 Å². The van der Waals surface area contributed by atoms with Crippen LogP contribution >= 0.6 is 11.3 Å². The molecule has 2 fully saturated rings. The average molecular weight is 481 g/mol. The van der Waals surface area contributed by atoms with Gasteiger partial charge in [-0.2, -0.15) is 0 Å². The predicted molar refractivity (Wildman–Crippen MR) is 131 cm³/mol. The van der Waals surface area contributed by atoms with Crippen molar-refractivity contribution >= 4 is 34.1 Å². The standard InChI is InChI=1S/C25H28N4O4S/c30-22(27-11-13-28(14-12-27)24(32)21-6-3-15-34-21)18-9-7-17(8-10-18)16-29-23(31)19-4-1-2-5-20(19)26-25(29)33/h1-6,15,17-18H,7-14,16H2,(H,26,33)/t17-,18-. The van der Waals surface area contributed by atoms with Crippen LogP contribution in [0.2, 0.25) is 0 Å². The van der Waals surface area contributed by atoms with Crippen LogP contribution in [0.5, 0.6) is 0 Å². The Morgan fingerprint density at radius 1 is 0.912 bits per heavy atom. The van der Waals surface area contributed by atoms with E-state index in [1.807, 2.05) is 27.3 Å². The highest BCUT2D eigenvalue weighted by atomic mass is 32.1. The van der Waals surface area contributed by atoms with Gasteiger partial charge in [-0.15, -0.1) is 11.3 Å². The number of rotatable bonds is 4. The van der Waals surface area contributed by atoms with Gasteiger partial charge in [0.05, 0.1) is 15.8 Å². The molecule has 1 aliphatic heterocycles. The van der Waals surface area contributed by atoms with E-state index in [2.05, 4.69) is 4.98 Å². The zero-order valence-electron chi connectivity index (χ0n) is 18.9. The Morgan fingerprint density at radius 2 is 1.62 bits per heavy atom. The fourth-order valence-corrected chi connectivity index (χ4v) is 5.85. The second-order valence-corrected chi connectivity index (χ2v) is 10.2. The van der Waals surface area contributed by atoms with Crippen molar-refractivity contribution in [1.82, 2.24) is 19.4 Å². The van der Waals surface area contributed by atoms with Crippen molar-refractivity contribution in [2.45, 2.75) is 32.2 Å². The van der Waals surface area contributed by atoms with Crippen molar-refractivity contribution in [3.63, 3.8) is 0 Å². The topological polar surface area (TPSA) is 95.5 Å². The number of aromatic amines is 1. The molecule has 34 heavy (non-hydrogen) atoms. The lowest BCUT2D eigenvalue weighted by Crippen LogP contribution is -2.52. The Hall–Kier alpha value is -3.20. The van der Waals surface area contributed by atoms with Crippen molar-refractivity contribution in [2.75, 3.05) is 26.2 Å². The summed E-state index contributed by atoms with van der Waals surface area (Å²) in [6.07, 6.45) is 3.15. The molecule has 0 spiro atoms. The fourth-order valence-electron chi connectivity index (χ4n) is 5.16. The van der Waals surface area contributed by atoms with Crippen LogP contribution < -0.4 is 11.2 Å². The molecule has 2 aromatic heterocycles. The SMILES string of the molecule is O=C(c1cccs1)N1CCN(C(=O)[C@H]2CC[C@H](Cn3c(=O)[nH]c4ccccc4c3=O)CC2)CC1. The Kier molecular flexibility index (Phi) is 6.36. The van der Waals surface area contributed by atoms with E-state index in [4.69, 9.17) is 0 Å². The fraction of sp³-hybridized carbons (Fsp3) is 0.440. The van der Waals surface area contributed by atoms with E-state index in [0.29, 0.717) is 43.6 Å². The van der Waals surface area contributed by atoms with Crippen LogP contribution in [0.25, 0.3) is 10.9 Å². The van der Waals surface area contributed by atoms with E-state index in [-0.39, 0.29) is 34.9 Å². The third kappa shape index (κ3) is 4.44. The van der Waals surface area contributed by atoms with Crippen LogP contribution in [0.15, 0.2) is 51.4 Å². The van der Waals surface area contributed by atoms with E-state index in [1.54, 1.807) is 24.3 Å². The molecule has 3 aromatic rings. The van der Waals surface area contributed by atoms with E-state index in [0.717, 1.165) is 30.6 Å². The van der Waals surface area contributed by atoms with Gasteiger partial charge in [0.2, 0.25) is 5.91 Å². The quantitative estimate of drug-likeness (QED) is 0.621. The predicted octanol–water partition coefficient (Wildman–Crippen LogP) is 2.54. The first-order valence-electron chi connectivity index (χ1n) is 11.8. The minimum Gasteiger partial charge on any atom is -0.339 e. The summed E-state index contributed by atoms with van der Waals surface area (Å²) < 4.78 is 1.30. The molecule has 5 rings (SSSR count). The number of piperazine rings is 1. The number of fused-ring (bicyclic) bond motifs is 1. The van der Waals surface area contributed by atoms with Gasteiger partial charge in [-0.1, -0.05) is 18.2 Å².